The molecule has 0 unspecified atom stereocenters. The number of carbonyl (C=O) groups excluding carboxylic acids is 1. The summed E-state index contributed by atoms with van der Waals surface area (Å²) in [7, 11) is 0. The fourth-order valence-electron chi connectivity index (χ4n) is 1.05. The van der Waals surface area contributed by atoms with Crippen LogP contribution in [0.3, 0.4) is 0 Å². The average Bonchev–Trinajstić information content (AvgIpc) is 2.51. The molecule has 1 aliphatic rings. The normalized spacial score (nSPS) is 17.7. The molecular formula is C9H14O4. The van der Waals surface area contributed by atoms with E-state index in [2.05, 4.69) is 0 Å². The summed E-state index contributed by atoms with van der Waals surface area (Å²) in [6, 6.07) is 0. The van der Waals surface area contributed by atoms with Crippen molar-refractivity contribution < 1.29 is 19.0 Å². The molecule has 0 fully saturated rings. The van der Waals surface area contributed by atoms with Crippen molar-refractivity contribution in [3.8, 4) is 0 Å². The molecule has 0 spiro atoms. The second kappa shape index (κ2) is 4.16. The molecule has 1 heterocycles. The van der Waals surface area contributed by atoms with E-state index < -0.39 is 5.79 Å². The van der Waals surface area contributed by atoms with Gasteiger partial charge < -0.3 is 14.2 Å². The van der Waals surface area contributed by atoms with E-state index in [1.54, 1.807) is 13.8 Å². The van der Waals surface area contributed by atoms with Gasteiger partial charge in [0.2, 0.25) is 5.79 Å². The van der Waals surface area contributed by atoms with Gasteiger partial charge in [0.15, 0.2) is 0 Å². The van der Waals surface area contributed by atoms with Gasteiger partial charge in [0.1, 0.15) is 12.5 Å². The van der Waals surface area contributed by atoms with E-state index in [9.17, 15) is 4.79 Å². The van der Waals surface area contributed by atoms with Gasteiger partial charge >= 0.3 is 5.97 Å². The van der Waals surface area contributed by atoms with Crippen LogP contribution in [0.15, 0.2) is 12.5 Å². The largest absolute Gasteiger partial charge is 0.466 e. The van der Waals surface area contributed by atoms with Gasteiger partial charge in [-0.05, 0) is 6.92 Å². The Hall–Kier alpha value is -1.19. The van der Waals surface area contributed by atoms with Gasteiger partial charge in [-0.15, -0.1) is 0 Å². The Balaban J connectivity index is 2.22. The number of hydrogen-bond donors (Lipinski definition) is 0. The van der Waals surface area contributed by atoms with Crippen LogP contribution in [-0.2, 0) is 19.0 Å². The van der Waals surface area contributed by atoms with Crippen LogP contribution >= 0.6 is 0 Å². The van der Waals surface area contributed by atoms with Gasteiger partial charge in [0.05, 0.1) is 13.0 Å². The second-order valence-electron chi connectivity index (χ2n) is 2.95. The zero-order chi connectivity index (χ0) is 9.73. The molecular weight excluding hydrogens is 172 g/mol. The van der Waals surface area contributed by atoms with Crippen LogP contribution in [0.2, 0.25) is 0 Å². The smallest absolute Gasteiger partial charge is 0.306 e. The fourth-order valence-corrected chi connectivity index (χ4v) is 1.05. The van der Waals surface area contributed by atoms with Gasteiger partial charge in [0, 0.05) is 13.3 Å². The zero-order valence-electron chi connectivity index (χ0n) is 7.91. The zero-order valence-corrected chi connectivity index (χ0v) is 7.91. The molecule has 74 valence electrons. The third-order valence-electron chi connectivity index (χ3n) is 1.78. The summed E-state index contributed by atoms with van der Waals surface area (Å²) in [5.41, 5.74) is 0. The van der Waals surface area contributed by atoms with E-state index in [1.807, 2.05) is 0 Å². The van der Waals surface area contributed by atoms with Crippen molar-refractivity contribution in [2.24, 2.45) is 0 Å². The lowest BCUT2D eigenvalue weighted by atomic mass is 10.2. The third-order valence-corrected chi connectivity index (χ3v) is 1.78. The maximum absolute atomic E-state index is 11.0. The molecule has 0 aliphatic carbocycles. The number of rotatable bonds is 4. The average molecular weight is 186 g/mol. The highest BCUT2D eigenvalue weighted by Gasteiger charge is 2.29. The molecule has 0 radical (unpaired) electrons. The predicted octanol–water partition coefficient (Wildman–Crippen LogP) is 1.56. The first-order chi connectivity index (χ1) is 6.16. The van der Waals surface area contributed by atoms with E-state index >= 15 is 0 Å². The monoisotopic (exact) mass is 186 g/mol. The Morgan fingerprint density at radius 3 is 2.62 bits per heavy atom. The molecule has 0 saturated heterocycles. The van der Waals surface area contributed by atoms with Crippen molar-refractivity contribution in [3.63, 3.8) is 0 Å². The Labute approximate surface area is 77.5 Å². The highest BCUT2D eigenvalue weighted by Crippen LogP contribution is 2.24. The minimum atomic E-state index is -0.688. The van der Waals surface area contributed by atoms with Gasteiger partial charge in [-0.3, -0.25) is 4.79 Å². The second-order valence-corrected chi connectivity index (χ2v) is 2.95. The van der Waals surface area contributed by atoms with Crippen LogP contribution in [0.1, 0.15) is 26.7 Å². The summed E-state index contributed by atoms with van der Waals surface area (Å²) in [5, 5.41) is 0. The van der Waals surface area contributed by atoms with Crippen LogP contribution in [0.25, 0.3) is 0 Å². The molecule has 0 bridgehead atoms. The lowest BCUT2D eigenvalue weighted by Crippen LogP contribution is -2.26. The third kappa shape index (κ3) is 2.97. The molecule has 0 aromatic carbocycles. The van der Waals surface area contributed by atoms with Gasteiger partial charge in [-0.25, -0.2) is 0 Å². The predicted molar refractivity (Wildman–Crippen MR) is 45.6 cm³/mol. The minimum absolute atomic E-state index is 0.220. The molecule has 1 aliphatic heterocycles. The molecule has 13 heavy (non-hydrogen) atoms. The number of esters is 1. The summed E-state index contributed by atoms with van der Waals surface area (Å²) in [6.45, 7) is 3.98. The highest BCUT2D eigenvalue weighted by atomic mass is 16.7. The SMILES string of the molecule is CCOC(=O)CCC1(C)OC=CO1. The quantitative estimate of drug-likeness (QED) is 0.625. The first-order valence-corrected chi connectivity index (χ1v) is 4.32. The number of ether oxygens (including phenoxy) is 3. The summed E-state index contributed by atoms with van der Waals surface area (Å²) >= 11 is 0. The van der Waals surface area contributed by atoms with E-state index in [0.29, 0.717) is 19.4 Å². The van der Waals surface area contributed by atoms with Crippen molar-refractivity contribution in [2.45, 2.75) is 32.5 Å². The molecule has 0 aromatic rings. The number of carbonyl (C=O) groups is 1. The van der Waals surface area contributed by atoms with Crippen molar-refractivity contribution >= 4 is 5.97 Å². The fraction of sp³-hybridized carbons (Fsp3) is 0.667. The molecule has 0 saturated carbocycles. The molecule has 0 atom stereocenters. The van der Waals surface area contributed by atoms with Gasteiger partial charge in [-0.2, -0.15) is 0 Å². The topological polar surface area (TPSA) is 44.8 Å². The van der Waals surface area contributed by atoms with Crippen molar-refractivity contribution in [1.29, 1.82) is 0 Å². The Morgan fingerprint density at radius 2 is 2.08 bits per heavy atom. The van der Waals surface area contributed by atoms with Crippen LogP contribution in [0.4, 0.5) is 0 Å². The maximum atomic E-state index is 11.0. The van der Waals surface area contributed by atoms with Crippen molar-refractivity contribution in [1.82, 2.24) is 0 Å². The summed E-state index contributed by atoms with van der Waals surface area (Å²) in [6.07, 6.45) is 3.77. The lowest BCUT2D eigenvalue weighted by molar-refractivity contribution is -0.154. The van der Waals surface area contributed by atoms with E-state index in [-0.39, 0.29) is 5.97 Å². The van der Waals surface area contributed by atoms with Crippen molar-refractivity contribution in [2.75, 3.05) is 6.61 Å². The van der Waals surface area contributed by atoms with Crippen LogP contribution in [0, 0.1) is 0 Å². The first kappa shape index (κ1) is 9.89. The molecule has 0 aromatic heterocycles. The van der Waals surface area contributed by atoms with Crippen LogP contribution in [-0.4, -0.2) is 18.4 Å². The van der Waals surface area contributed by atoms with Crippen molar-refractivity contribution in [3.05, 3.63) is 12.5 Å². The maximum Gasteiger partial charge on any atom is 0.306 e. The van der Waals surface area contributed by atoms with E-state index in [1.165, 1.54) is 12.5 Å². The lowest BCUT2D eigenvalue weighted by Gasteiger charge is -2.22. The Morgan fingerprint density at radius 1 is 1.46 bits per heavy atom. The molecule has 4 nitrogen and oxygen atoms in total. The minimum Gasteiger partial charge on any atom is -0.466 e. The standard InChI is InChI=1S/C9H14O4/c1-3-11-8(10)4-5-9(2)12-6-7-13-9/h6-7H,3-5H2,1-2H3. The molecule has 1 rings (SSSR count). The van der Waals surface area contributed by atoms with Crippen LogP contribution in [0.5, 0.6) is 0 Å². The van der Waals surface area contributed by atoms with Gasteiger partial charge in [-0.1, -0.05) is 0 Å². The summed E-state index contributed by atoms with van der Waals surface area (Å²) in [5.74, 6) is -0.907. The van der Waals surface area contributed by atoms with Crippen LogP contribution < -0.4 is 0 Å². The first-order valence-electron chi connectivity index (χ1n) is 4.32. The highest BCUT2D eigenvalue weighted by molar-refractivity contribution is 5.69. The summed E-state index contributed by atoms with van der Waals surface area (Å²) in [4.78, 5) is 11.0. The van der Waals surface area contributed by atoms with E-state index in [4.69, 9.17) is 14.2 Å². The van der Waals surface area contributed by atoms with E-state index in [0.717, 1.165) is 0 Å². The van der Waals surface area contributed by atoms with Gasteiger partial charge in [0.25, 0.3) is 0 Å². The number of hydrogen-bond acceptors (Lipinski definition) is 4. The molecule has 0 amide bonds. The molecule has 0 N–H and O–H groups in total. The Bertz CT molecular complexity index is 202. The summed E-state index contributed by atoms with van der Waals surface area (Å²) < 4.78 is 15.1. The molecule has 4 heteroatoms. The Kier molecular flexibility index (Phi) is 3.17.